The highest BCUT2D eigenvalue weighted by Crippen LogP contribution is 2.38. The number of fused-ring (bicyclic) bond motifs is 8. The average molecular weight is 553 g/mol. The van der Waals surface area contributed by atoms with E-state index in [9.17, 15) is 4.79 Å². The summed E-state index contributed by atoms with van der Waals surface area (Å²) < 4.78 is 6.31. The minimum atomic E-state index is -0.0956. The zero-order valence-electron chi connectivity index (χ0n) is 23.1. The fourth-order valence-corrected chi connectivity index (χ4v) is 6.70. The van der Waals surface area contributed by atoms with Crippen molar-refractivity contribution in [2.45, 2.75) is 0 Å². The molecular formula is C38H24N4O. The van der Waals surface area contributed by atoms with Crippen molar-refractivity contribution in [3.63, 3.8) is 0 Å². The van der Waals surface area contributed by atoms with Crippen LogP contribution >= 0.6 is 0 Å². The summed E-state index contributed by atoms with van der Waals surface area (Å²) in [6.07, 6.45) is 1.76. The van der Waals surface area contributed by atoms with E-state index in [2.05, 4.69) is 106 Å². The van der Waals surface area contributed by atoms with Gasteiger partial charge in [0.1, 0.15) is 5.65 Å². The molecule has 0 saturated heterocycles. The number of hydrogen-bond acceptors (Lipinski definition) is 2. The molecule has 9 aromatic rings. The fourth-order valence-electron chi connectivity index (χ4n) is 6.70. The molecule has 0 aliphatic rings. The topological polar surface area (TPSA) is 44.2 Å². The molecule has 0 radical (unpaired) electrons. The highest BCUT2D eigenvalue weighted by Gasteiger charge is 2.23. The van der Waals surface area contributed by atoms with Gasteiger partial charge in [0.25, 0.3) is 5.56 Å². The molecule has 5 heteroatoms. The van der Waals surface area contributed by atoms with E-state index in [1.54, 1.807) is 6.20 Å². The Morgan fingerprint density at radius 2 is 1.14 bits per heavy atom. The Labute approximate surface area is 246 Å². The van der Waals surface area contributed by atoms with Gasteiger partial charge in [-0.15, -0.1) is 0 Å². The van der Waals surface area contributed by atoms with E-state index in [0.717, 1.165) is 60.9 Å². The Morgan fingerprint density at radius 3 is 1.95 bits per heavy atom. The van der Waals surface area contributed by atoms with Crippen LogP contribution in [0, 0.1) is 0 Å². The Hall–Kier alpha value is -5.94. The van der Waals surface area contributed by atoms with Crippen LogP contribution in [0.4, 0.5) is 0 Å². The first kappa shape index (κ1) is 23.7. The summed E-state index contributed by atoms with van der Waals surface area (Å²) in [6.45, 7) is 0. The van der Waals surface area contributed by atoms with Crippen LogP contribution in [0.5, 0.6) is 0 Å². The van der Waals surface area contributed by atoms with Gasteiger partial charge in [0.2, 0.25) is 0 Å². The molecule has 4 aromatic heterocycles. The number of benzene rings is 5. The second-order valence-corrected chi connectivity index (χ2v) is 10.8. The van der Waals surface area contributed by atoms with Gasteiger partial charge in [-0.1, -0.05) is 84.9 Å². The van der Waals surface area contributed by atoms with Crippen molar-refractivity contribution in [2.75, 3.05) is 0 Å². The van der Waals surface area contributed by atoms with Crippen molar-refractivity contribution in [2.24, 2.45) is 0 Å². The Balaban J connectivity index is 1.47. The average Bonchev–Trinajstić information content (AvgIpc) is 3.59. The van der Waals surface area contributed by atoms with E-state index in [1.807, 2.05) is 47.0 Å². The van der Waals surface area contributed by atoms with Crippen molar-refractivity contribution in [3.8, 4) is 22.5 Å². The number of hydrogen-bond donors (Lipinski definition) is 0. The molecule has 5 nitrogen and oxygen atoms in total. The molecule has 9 rings (SSSR count). The van der Waals surface area contributed by atoms with Crippen LogP contribution in [0.25, 0.3) is 71.9 Å². The summed E-state index contributed by atoms with van der Waals surface area (Å²) in [5.74, 6) is 0. The van der Waals surface area contributed by atoms with E-state index < -0.39 is 0 Å². The van der Waals surface area contributed by atoms with Crippen molar-refractivity contribution in [3.05, 3.63) is 156 Å². The predicted octanol–water partition coefficient (Wildman–Crippen LogP) is 8.56. The molecule has 0 fully saturated rings. The van der Waals surface area contributed by atoms with Crippen LogP contribution in [0.1, 0.15) is 0 Å². The SMILES string of the molecule is O=c1c2cccnc2n2c3ccccc3c(-c3ccccc3)c2n1-c1ccc2c(c1)c1ccccc1n2-c1ccccc1. The zero-order valence-corrected chi connectivity index (χ0v) is 23.1. The number of pyridine rings is 1. The third kappa shape index (κ3) is 3.33. The molecule has 0 spiro atoms. The molecular weight excluding hydrogens is 528 g/mol. The third-order valence-electron chi connectivity index (χ3n) is 8.48. The molecule has 0 unspecified atom stereocenters. The van der Waals surface area contributed by atoms with Crippen LogP contribution in [-0.2, 0) is 0 Å². The van der Waals surface area contributed by atoms with Crippen molar-refractivity contribution >= 4 is 49.4 Å². The predicted molar refractivity (Wildman–Crippen MR) is 176 cm³/mol. The van der Waals surface area contributed by atoms with Gasteiger partial charge in [0, 0.05) is 33.6 Å². The lowest BCUT2D eigenvalue weighted by molar-refractivity contribution is 1.00. The Morgan fingerprint density at radius 1 is 0.488 bits per heavy atom. The van der Waals surface area contributed by atoms with Crippen LogP contribution < -0.4 is 5.56 Å². The Bertz CT molecular complexity index is 2570. The number of aromatic nitrogens is 4. The van der Waals surface area contributed by atoms with Gasteiger partial charge in [-0.25, -0.2) is 4.98 Å². The second kappa shape index (κ2) is 9.03. The summed E-state index contributed by atoms with van der Waals surface area (Å²) in [6, 6.07) is 47.6. The lowest BCUT2D eigenvalue weighted by Crippen LogP contribution is -2.22. The van der Waals surface area contributed by atoms with Crippen LogP contribution in [-0.4, -0.2) is 18.5 Å². The monoisotopic (exact) mass is 552 g/mol. The normalized spacial score (nSPS) is 11.8. The maximum atomic E-state index is 14.5. The van der Waals surface area contributed by atoms with Crippen LogP contribution in [0.2, 0.25) is 0 Å². The molecule has 4 heterocycles. The number of rotatable bonds is 3. The van der Waals surface area contributed by atoms with E-state index in [1.165, 1.54) is 0 Å². The highest BCUT2D eigenvalue weighted by molar-refractivity contribution is 6.11. The quantitative estimate of drug-likeness (QED) is 0.220. The van der Waals surface area contributed by atoms with Gasteiger partial charge in [0.15, 0.2) is 5.65 Å². The zero-order chi connectivity index (χ0) is 28.5. The lowest BCUT2D eigenvalue weighted by atomic mass is 10.0. The molecule has 0 amide bonds. The molecule has 0 aliphatic heterocycles. The molecule has 5 aromatic carbocycles. The maximum Gasteiger partial charge on any atom is 0.267 e. The van der Waals surface area contributed by atoms with E-state index in [4.69, 9.17) is 4.98 Å². The molecule has 43 heavy (non-hydrogen) atoms. The van der Waals surface area contributed by atoms with Crippen molar-refractivity contribution < 1.29 is 0 Å². The minimum absolute atomic E-state index is 0.0956. The van der Waals surface area contributed by atoms with Gasteiger partial charge in [-0.2, -0.15) is 0 Å². The second-order valence-electron chi connectivity index (χ2n) is 10.8. The fraction of sp³-hybridized carbons (Fsp3) is 0. The van der Waals surface area contributed by atoms with Crippen LogP contribution in [0.3, 0.4) is 0 Å². The lowest BCUT2D eigenvalue weighted by Gasteiger charge is -2.14. The van der Waals surface area contributed by atoms with Crippen molar-refractivity contribution in [1.82, 2.24) is 18.5 Å². The Kier molecular flexibility index (Phi) is 4.98. The van der Waals surface area contributed by atoms with Gasteiger partial charge in [-0.3, -0.25) is 13.8 Å². The summed E-state index contributed by atoms with van der Waals surface area (Å²) >= 11 is 0. The van der Waals surface area contributed by atoms with Gasteiger partial charge in [-0.05, 0) is 60.2 Å². The molecule has 0 N–H and O–H groups in total. The van der Waals surface area contributed by atoms with Crippen LogP contribution in [0.15, 0.2) is 151 Å². The molecule has 0 saturated carbocycles. The molecule has 202 valence electrons. The summed E-state index contributed by atoms with van der Waals surface area (Å²) in [7, 11) is 0. The smallest absolute Gasteiger partial charge is 0.267 e. The van der Waals surface area contributed by atoms with Crippen molar-refractivity contribution in [1.29, 1.82) is 0 Å². The van der Waals surface area contributed by atoms with E-state index >= 15 is 0 Å². The molecule has 0 atom stereocenters. The van der Waals surface area contributed by atoms with Gasteiger partial charge < -0.3 is 4.57 Å². The molecule has 0 aliphatic carbocycles. The summed E-state index contributed by atoms with van der Waals surface area (Å²) in [5.41, 5.74) is 8.54. The largest absolute Gasteiger partial charge is 0.309 e. The first-order valence-corrected chi connectivity index (χ1v) is 14.4. The minimum Gasteiger partial charge on any atom is -0.309 e. The highest BCUT2D eigenvalue weighted by atomic mass is 16.1. The van der Waals surface area contributed by atoms with E-state index in [-0.39, 0.29) is 5.56 Å². The van der Waals surface area contributed by atoms with Gasteiger partial charge in [0.05, 0.1) is 27.6 Å². The summed E-state index contributed by atoms with van der Waals surface area (Å²) in [4.78, 5) is 19.3. The standard InChI is InChI=1S/C38H24N4O/c43-38-30-18-11-23-39-36(30)42-33-20-10-8-17-29(33)35(25-12-3-1-4-13-25)37(42)41(38)27-21-22-34-31(24-27)28-16-7-9-19-32(28)40(34)26-14-5-2-6-15-26/h1-24H. The maximum absolute atomic E-state index is 14.5. The number of nitrogens with zero attached hydrogens (tertiary/aromatic N) is 4. The van der Waals surface area contributed by atoms with Gasteiger partial charge >= 0.3 is 0 Å². The van der Waals surface area contributed by atoms with E-state index in [0.29, 0.717) is 11.0 Å². The third-order valence-corrected chi connectivity index (χ3v) is 8.48. The first-order valence-electron chi connectivity index (χ1n) is 14.4. The first-order chi connectivity index (χ1) is 21.3. The summed E-state index contributed by atoms with van der Waals surface area (Å²) in [5, 5.41) is 3.87. The molecule has 0 bridgehead atoms. The number of para-hydroxylation sites is 3.